The fourth-order valence-electron chi connectivity index (χ4n) is 1.87. The lowest BCUT2D eigenvalue weighted by atomic mass is 10.0. The van der Waals surface area contributed by atoms with E-state index in [-0.39, 0.29) is 0 Å². The Kier molecular flexibility index (Phi) is 6.01. The van der Waals surface area contributed by atoms with Crippen molar-refractivity contribution in [3.63, 3.8) is 0 Å². The predicted molar refractivity (Wildman–Crippen MR) is 88.7 cm³/mol. The van der Waals surface area contributed by atoms with Crippen molar-refractivity contribution in [1.29, 1.82) is 0 Å². The second kappa shape index (κ2) is 7.53. The van der Waals surface area contributed by atoms with E-state index in [9.17, 15) is 0 Å². The van der Waals surface area contributed by atoms with E-state index in [1.54, 1.807) is 11.3 Å². The molecule has 2 aromatic heterocycles. The Hall–Kier alpha value is -0.230. The summed E-state index contributed by atoms with van der Waals surface area (Å²) in [6.45, 7) is 3.21. The van der Waals surface area contributed by atoms with Crippen LogP contribution in [0.3, 0.4) is 0 Å². The van der Waals surface area contributed by atoms with Gasteiger partial charge in [0.2, 0.25) is 0 Å². The summed E-state index contributed by atoms with van der Waals surface area (Å²) in [5, 5.41) is 5.80. The molecule has 0 bridgehead atoms. The zero-order valence-corrected chi connectivity index (χ0v) is 14.7. The molecule has 1 atom stereocenters. The van der Waals surface area contributed by atoms with Gasteiger partial charge < -0.3 is 5.32 Å². The van der Waals surface area contributed by atoms with Crippen LogP contribution in [0, 0.1) is 0 Å². The molecule has 0 aliphatic heterocycles. The molecule has 2 aromatic rings. The molecule has 1 unspecified atom stereocenters. The summed E-state index contributed by atoms with van der Waals surface area (Å²) in [5.74, 6) is 0. The number of aromatic nitrogens is 1. The number of nitrogens with one attached hydrogen (secondary N) is 1. The van der Waals surface area contributed by atoms with Gasteiger partial charge in [0.25, 0.3) is 0 Å². The van der Waals surface area contributed by atoms with Gasteiger partial charge in [-0.2, -0.15) is 0 Å². The average Bonchev–Trinajstić information content (AvgIpc) is 2.83. The maximum atomic E-state index is 4.46. The summed E-state index contributed by atoms with van der Waals surface area (Å²) in [6.07, 6.45) is 3.90. The third-order valence-corrected chi connectivity index (χ3v) is 4.82. The first kappa shape index (κ1) is 15.2. The Labute approximate surface area is 134 Å². The maximum Gasteiger partial charge on any atom is 0.0701 e. The number of thiophene rings is 1. The lowest BCUT2D eigenvalue weighted by molar-refractivity contribution is 0.525. The number of hydrogen-bond acceptors (Lipinski definition) is 3. The molecule has 0 aromatic carbocycles. The van der Waals surface area contributed by atoms with Crippen molar-refractivity contribution in [3.8, 4) is 0 Å². The quantitative estimate of drug-likeness (QED) is 0.737. The molecule has 1 N–H and O–H groups in total. The summed E-state index contributed by atoms with van der Waals surface area (Å²) >= 11 is 8.68. The zero-order valence-electron chi connectivity index (χ0n) is 10.7. The number of rotatable bonds is 6. The van der Waals surface area contributed by atoms with Gasteiger partial charge in [-0.1, -0.05) is 6.92 Å². The van der Waals surface area contributed by atoms with Gasteiger partial charge in [0.05, 0.1) is 3.79 Å². The normalized spacial score (nSPS) is 12.6. The van der Waals surface area contributed by atoms with Crippen molar-refractivity contribution >= 4 is 43.2 Å². The number of pyridine rings is 1. The first-order valence-electron chi connectivity index (χ1n) is 6.26. The molecule has 0 spiro atoms. The molecule has 19 heavy (non-hydrogen) atoms. The second-order valence-corrected chi connectivity index (χ2v) is 7.57. The molecule has 0 fully saturated rings. The Bertz CT molecular complexity index is 510. The van der Waals surface area contributed by atoms with Crippen LogP contribution in [0.1, 0.15) is 30.6 Å². The molecule has 5 heteroatoms. The van der Waals surface area contributed by atoms with E-state index in [1.807, 2.05) is 12.3 Å². The number of halogens is 2. The van der Waals surface area contributed by atoms with E-state index in [0.29, 0.717) is 6.04 Å². The van der Waals surface area contributed by atoms with Crippen LogP contribution in [0.2, 0.25) is 0 Å². The van der Waals surface area contributed by atoms with E-state index >= 15 is 0 Å². The minimum absolute atomic E-state index is 0.330. The first-order valence-corrected chi connectivity index (χ1v) is 8.73. The minimum Gasteiger partial charge on any atom is -0.310 e. The van der Waals surface area contributed by atoms with Crippen LogP contribution in [0.4, 0.5) is 0 Å². The third kappa shape index (κ3) is 4.67. The van der Waals surface area contributed by atoms with Crippen molar-refractivity contribution in [3.05, 3.63) is 49.3 Å². The predicted octanol–water partition coefficient (Wildman–Crippen LogP) is 4.95. The average molecular weight is 404 g/mol. The Balaban J connectivity index is 2.11. The highest BCUT2D eigenvalue weighted by Gasteiger charge is 2.13. The van der Waals surface area contributed by atoms with Gasteiger partial charge in [-0.15, -0.1) is 11.3 Å². The molecule has 0 amide bonds. The van der Waals surface area contributed by atoms with Gasteiger partial charge in [0.15, 0.2) is 0 Å². The second-order valence-electron chi connectivity index (χ2n) is 4.36. The van der Waals surface area contributed by atoms with Crippen LogP contribution < -0.4 is 5.32 Å². The molecule has 0 aliphatic carbocycles. The van der Waals surface area contributed by atoms with Crippen molar-refractivity contribution in [1.82, 2.24) is 10.3 Å². The largest absolute Gasteiger partial charge is 0.310 e. The topological polar surface area (TPSA) is 24.9 Å². The lowest BCUT2D eigenvalue weighted by Crippen LogP contribution is -2.24. The van der Waals surface area contributed by atoms with Gasteiger partial charge in [0.1, 0.15) is 0 Å². The highest BCUT2D eigenvalue weighted by atomic mass is 79.9. The van der Waals surface area contributed by atoms with Crippen LogP contribution in [0.15, 0.2) is 38.0 Å². The Morgan fingerprint density at radius 3 is 2.79 bits per heavy atom. The van der Waals surface area contributed by atoms with Crippen LogP contribution in [0.25, 0.3) is 0 Å². The van der Waals surface area contributed by atoms with Crippen molar-refractivity contribution in [2.45, 2.75) is 25.8 Å². The van der Waals surface area contributed by atoms with Gasteiger partial charge in [-0.05, 0) is 74.0 Å². The molecule has 0 aliphatic rings. The summed E-state index contributed by atoms with van der Waals surface area (Å²) < 4.78 is 2.20. The maximum absolute atomic E-state index is 4.46. The minimum atomic E-state index is 0.330. The molecular formula is C14H16Br2N2S. The zero-order chi connectivity index (χ0) is 13.7. The summed E-state index contributed by atoms with van der Waals surface area (Å²) in [5.41, 5.74) is 2.44. The monoisotopic (exact) mass is 402 g/mol. The van der Waals surface area contributed by atoms with Crippen LogP contribution in [-0.2, 0) is 6.42 Å². The fourth-order valence-corrected chi connectivity index (χ4v) is 3.33. The molecule has 2 rings (SSSR count). The SMILES string of the molecule is CCCNC(Cc1ccc(Br)cn1)c1csc(Br)c1. The van der Waals surface area contributed by atoms with Crippen LogP contribution in [0.5, 0.6) is 0 Å². The highest BCUT2D eigenvalue weighted by Crippen LogP contribution is 2.27. The lowest BCUT2D eigenvalue weighted by Gasteiger charge is -2.17. The first-order chi connectivity index (χ1) is 9.19. The smallest absolute Gasteiger partial charge is 0.0701 e. The van der Waals surface area contributed by atoms with Gasteiger partial charge in [0, 0.05) is 28.8 Å². The van der Waals surface area contributed by atoms with Gasteiger partial charge >= 0.3 is 0 Å². The van der Waals surface area contributed by atoms with Crippen molar-refractivity contribution < 1.29 is 0 Å². The van der Waals surface area contributed by atoms with Crippen molar-refractivity contribution in [2.24, 2.45) is 0 Å². The Morgan fingerprint density at radius 2 is 2.21 bits per heavy atom. The van der Waals surface area contributed by atoms with E-state index in [0.717, 1.165) is 29.6 Å². The van der Waals surface area contributed by atoms with E-state index in [4.69, 9.17) is 0 Å². The molecule has 0 saturated heterocycles. The van der Waals surface area contributed by atoms with Crippen LogP contribution in [-0.4, -0.2) is 11.5 Å². The number of hydrogen-bond donors (Lipinski definition) is 1. The summed E-state index contributed by atoms with van der Waals surface area (Å²) in [4.78, 5) is 4.46. The molecular weight excluding hydrogens is 388 g/mol. The molecule has 2 heterocycles. The molecule has 0 radical (unpaired) electrons. The standard InChI is InChI=1S/C14H16Br2N2S/c1-2-5-17-13(10-6-14(16)19-9-10)7-12-4-3-11(15)8-18-12/h3-4,6,8-9,13,17H,2,5,7H2,1H3. The van der Waals surface area contributed by atoms with E-state index in [2.05, 4.69) is 66.6 Å². The third-order valence-electron chi connectivity index (χ3n) is 2.83. The van der Waals surface area contributed by atoms with Gasteiger partial charge in [-0.3, -0.25) is 4.98 Å². The molecule has 2 nitrogen and oxygen atoms in total. The fraction of sp³-hybridized carbons (Fsp3) is 0.357. The van der Waals surface area contributed by atoms with E-state index in [1.165, 1.54) is 9.35 Å². The Morgan fingerprint density at radius 1 is 1.37 bits per heavy atom. The van der Waals surface area contributed by atoms with Crippen LogP contribution >= 0.6 is 43.2 Å². The summed E-state index contributed by atoms with van der Waals surface area (Å²) in [6, 6.07) is 6.64. The highest BCUT2D eigenvalue weighted by molar-refractivity contribution is 9.11. The molecule has 0 saturated carbocycles. The van der Waals surface area contributed by atoms with E-state index < -0.39 is 0 Å². The number of nitrogens with zero attached hydrogens (tertiary/aromatic N) is 1. The molecule has 102 valence electrons. The summed E-state index contributed by atoms with van der Waals surface area (Å²) in [7, 11) is 0. The van der Waals surface area contributed by atoms with Gasteiger partial charge in [-0.25, -0.2) is 0 Å². The van der Waals surface area contributed by atoms with Crippen molar-refractivity contribution in [2.75, 3.05) is 6.54 Å².